The van der Waals surface area contributed by atoms with E-state index in [9.17, 15) is 18.0 Å². The molecule has 0 aliphatic rings. The topological polar surface area (TPSA) is 26.3 Å². The molecule has 0 aromatic heterocycles. The minimum Gasteiger partial charge on any atom is -0.494 e. The van der Waals surface area contributed by atoms with Gasteiger partial charge in [-0.1, -0.05) is 24.3 Å². The summed E-state index contributed by atoms with van der Waals surface area (Å²) in [6.07, 6.45) is -0.501. The fourth-order valence-electron chi connectivity index (χ4n) is 2.02. The van der Waals surface area contributed by atoms with E-state index in [4.69, 9.17) is 4.74 Å². The molecule has 2 aromatic rings. The second-order valence-corrected chi connectivity index (χ2v) is 4.54. The van der Waals surface area contributed by atoms with Crippen LogP contribution in [0.3, 0.4) is 0 Å². The van der Waals surface area contributed by atoms with Crippen molar-refractivity contribution in [3.63, 3.8) is 0 Å². The van der Waals surface area contributed by atoms with E-state index >= 15 is 0 Å². The van der Waals surface area contributed by atoms with Crippen LogP contribution in [-0.4, -0.2) is 12.9 Å². The molecular formula is C16H13F3O2. The number of halogens is 3. The van der Waals surface area contributed by atoms with Crippen molar-refractivity contribution in [2.45, 2.75) is 12.8 Å². The second kappa shape index (κ2) is 6.43. The van der Waals surface area contributed by atoms with Crippen LogP contribution >= 0.6 is 0 Å². The quantitative estimate of drug-likeness (QED) is 0.844. The standard InChI is InChI=1S/C16H13F3O2/c1-21-14-7-3-5-11(16(14)19)9-12(20)8-10-4-2-6-13(17)15(10)18/h2-7H,8-9H2,1H3. The van der Waals surface area contributed by atoms with Crippen molar-refractivity contribution in [3.8, 4) is 5.75 Å². The van der Waals surface area contributed by atoms with E-state index in [1.165, 1.54) is 31.4 Å². The van der Waals surface area contributed by atoms with E-state index in [0.717, 1.165) is 6.07 Å². The molecule has 2 aromatic carbocycles. The van der Waals surface area contributed by atoms with Crippen molar-refractivity contribution in [3.05, 3.63) is 65.0 Å². The van der Waals surface area contributed by atoms with Crippen LogP contribution in [-0.2, 0) is 17.6 Å². The van der Waals surface area contributed by atoms with E-state index in [1.54, 1.807) is 6.07 Å². The first kappa shape index (κ1) is 15.1. The van der Waals surface area contributed by atoms with Crippen LogP contribution < -0.4 is 4.74 Å². The van der Waals surface area contributed by atoms with Gasteiger partial charge in [0.15, 0.2) is 23.2 Å². The molecule has 2 rings (SSSR count). The first-order valence-corrected chi connectivity index (χ1v) is 6.29. The molecule has 2 nitrogen and oxygen atoms in total. The Labute approximate surface area is 120 Å². The molecule has 0 saturated heterocycles. The Morgan fingerprint density at radius 3 is 2.14 bits per heavy atom. The Balaban J connectivity index is 2.14. The van der Waals surface area contributed by atoms with E-state index < -0.39 is 23.2 Å². The van der Waals surface area contributed by atoms with Gasteiger partial charge in [-0.3, -0.25) is 4.79 Å². The van der Waals surface area contributed by atoms with Gasteiger partial charge in [0.05, 0.1) is 7.11 Å². The maximum Gasteiger partial charge on any atom is 0.168 e. The minimum atomic E-state index is -1.04. The summed E-state index contributed by atoms with van der Waals surface area (Å²) in [4.78, 5) is 11.9. The maximum absolute atomic E-state index is 13.9. The number of Topliss-reactive ketones (excluding diaryl/α,β-unsaturated/α-hetero) is 1. The van der Waals surface area contributed by atoms with Crippen molar-refractivity contribution in [2.24, 2.45) is 0 Å². The molecule has 110 valence electrons. The van der Waals surface area contributed by atoms with Crippen molar-refractivity contribution >= 4 is 5.78 Å². The SMILES string of the molecule is COc1cccc(CC(=O)Cc2cccc(F)c2F)c1F. The number of carbonyl (C=O) groups is 1. The van der Waals surface area contributed by atoms with Crippen LogP contribution in [0.1, 0.15) is 11.1 Å². The number of hydrogen-bond donors (Lipinski definition) is 0. The molecule has 0 bridgehead atoms. The number of rotatable bonds is 5. The van der Waals surface area contributed by atoms with Crippen LogP contribution in [0.4, 0.5) is 13.2 Å². The van der Waals surface area contributed by atoms with Gasteiger partial charge in [-0.05, 0) is 23.3 Å². The number of hydrogen-bond acceptors (Lipinski definition) is 2. The third kappa shape index (κ3) is 3.42. The van der Waals surface area contributed by atoms with E-state index in [1.807, 2.05) is 0 Å². The lowest BCUT2D eigenvalue weighted by Crippen LogP contribution is -2.10. The highest BCUT2D eigenvalue weighted by molar-refractivity contribution is 5.83. The first-order valence-electron chi connectivity index (χ1n) is 6.29. The second-order valence-electron chi connectivity index (χ2n) is 4.54. The summed E-state index contributed by atoms with van der Waals surface area (Å²) in [6.45, 7) is 0. The predicted octanol–water partition coefficient (Wildman–Crippen LogP) is 3.47. The summed E-state index contributed by atoms with van der Waals surface area (Å²) in [5.74, 6) is -3.04. The van der Waals surface area contributed by atoms with Gasteiger partial charge in [-0.15, -0.1) is 0 Å². The summed E-state index contributed by atoms with van der Waals surface area (Å²) in [5.41, 5.74) is 0.125. The molecular weight excluding hydrogens is 281 g/mol. The fourth-order valence-corrected chi connectivity index (χ4v) is 2.02. The molecule has 0 aliphatic heterocycles. The highest BCUT2D eigenvalue weighted by Gasteiger charge is 2.15. The molecule has 0 fully saturated rings. The van der Waals surface area contributed by atoms with Gasteiger partial charge in [0.1, 0.15) is 5.78 Å². The van der Waals surface area contributed by atoms with Crippen molar-refractivity contribution in [1.82, 2.24) is 0 Å². The third-order valence-corrected chi connectivity index (χ3v) is 3.07. The van der Waals surface area contributed by atoms with Crippen molar-refractivity contribution < 1.29 is 22.7 Å². The molecule has 0 atom stereocenters. The predicted molar refractivity (Wildman–Crippen MR) is 71.7 cm³/mol. The first-order chi connectivity index (χ1) is 10.0. The molecule has 0 radical (unpaired) electrons. The van der Waals surface area contributed by atoms with Gasteiger partial charge in [-0.25, -0.2) is 13.2 Å². The lowest BCUT2D eigenvalue weighted by atomic mass is 10.0. The third-order valence-electron chi connectivity index (χ3n) is 3.07. The number of benzene rings is 2. The van der Waals surface area contributed by atoms with Crippen LogP contribution in [0.5, 0.6) is 5.75 Å². The zero-order chi connectivity index (χ0) is 15.4. The minimum absolute atomic E-state index is 0.0386. The normalized spacial score (nSPS) is 10.5. The van der Waals surface area contributed by atoms with Crippen molar-refractivity contribution in [2.75, 3.05) is 7.11 Å². The largest absolute Gasteiger partial charge is 0.494 e. The number of ether oxygens (including phenoxy) is 1. The Morgan fingerprint density at radius 2 is 1.52 bits per heavy atom. The summed E-state index contributed by atoms with van der Waals surface area (Å²) in [7, 11) is 1.33. The summed E-state index contributed by atoms with van der Waals surface area (Å²) in [6, 6.07) is 8.09. The Hall–Kier alpha value is -2.30. The Bertz CT molecular complexity index is 669. The molecule has 0 amide bonds. The van der Waals surface area contributed by atoms with Gasteiger partial charge in [0.2, 0.25) is 0 Å². The monoisotopic (exact) mass is 294 g/mol. The lowest BCUT2D eigenvalue weighted by Gasteiger charge is -2.07. The molecule has 0 heterocycles. The molecule has 0 saturated carbocycles. The van der Waals surface area contributed by atoms with Crippen LogP contribution in [0.2, 0.25) is 0 Å². The Morgan fingerprint density at radius 1 is 0.952 bits per heavy atom. The molecule has 0 aliphatic carbocycles. The molecule has 0 spiro atoms. The number of ketones is 1. The average molecular weight is 294 g/mol. The number of carbonyl (C=O) groups excluding carboxylic acids is 1. The van der Waals surface area contributed by atoms with E-state index in [0.29, 0.717) is 0 Å². The summed E-state index contributed by atoms with van der Waals surface area (Å²) in [5, 5.41) is 0. The van der Waals surface area contributed by atoms with Crippen molar-refractivity contribution in [1.29, 1.82) is 0 Å². The zero-order valence-electron chi connectivity index (χ0n) is 11.3. The lowest BCUT2D eigenvalue weighted by molar-refractivity contribution is -0.117. The molecule has 0 N–H and O–H groups in total. The van der Waals surface area contributed by atoms with Gasteiger partial charge >= 0.3 is 0 Å². The smallest absolute Gasteiger partial charge is 0.168 e. The van der Waals surface area contributed by atoms with Gasteiger partial charge < -0.3 is 4.74 Å². The van der Waals surface area contributed by atoms with Crippen LogP contribution in [0.15, 0.2) is 36.4 Å². The molecule has 5 heteroatoms. The molecule has 21 heavy (non-hydrogen) atoms. The number of methoxy groups -OCH3 is 1. The fraction of sp³-hybridized carbons (Fsp3) is 0.188. The molecule has 0 unspecified atom stereocenters. The van der Waals surface area contributed by atoms with Gasteiger partial charge in [0.25, 0.3) is 0 Å². The van der Waals surface area contributed by atoms with Crippen LogP contribution in [0.25, 0.3) is 0 Å². The Kier molecular flexibility index (Phi) is 4.62. The highest BCUT2D eigenvalue weighted by atomic mass is 19.2. The highest BCUT2D eigenvalue weighted by Crippen LogP contribution is 2.21. The van der Waals surface area contributed by atoms with Gasteiger partial charge in [0, 0.05) is 12.8 Å². The maximum atomic E-state index is 13.9. The van der Waals surface area contributed by atoms with E-state index in [-0.39, 0.29) is 29.7 Å². The summed E-state index contributed by atoms with van der Waals surface area (Å²) >= 11 is 0. The van der Waals surface area contributed by atoms with Crippen LogP contribution in [0, 0.1) is 17.5 Å². The van der Waals surface area contributed by atoms with Gasteiger partial charge in [-0.2, -0.15) is 0 Å². The van der Waals surface area contributed by atoms with E-state index in [2.05, 4.69) is 0 Å². The average Bonchev–Trinajstić information content (AvgIpc) is 2.46. The zero-order valence-corrected chi connectivity index (χ0v) is 11.3. The summed E-state index contributed by atoms with van der Waals surface area (Å²) < 4.78 is 45.3.